The molecule has 1 fully saturated rings. The van der Waals surface area contributed by atoms with E-state index in [1.807, 2.05) is 0 Å². The van der Waals surface area contributed by atoms with E-state index in [1.165, 1.54) is 11.1 Å². The molecule has 1 heterocycles. The third kappa shape index (κ3) is 4.88. The second kappa shape index (κ2) is 7.35. The van der Waals surface area contributed by atoms with Gasteiger partial charge in [0, 0.05) is 18.2 Å². The number of hydrogen-bond donors (Lipinski definition) is 1. The summed E-state index contributed by atoms with van der Waals surface area (Å²) in [6.07, 6.45) is 0.187. The van der Waals surface area contributed by atoms with E-state index < -0.39 is 35.3 Å². The highest BCUT2D eigenvalue weighted by Crippen LogP contribution is 2.24. The molecule has 0 aliphatic carbocycles. The van der Waals surface area contributed by atoms with Crippen molar-refractivity contribution in [2.45, 2.75) is 51.8 Å². The van der Waals surface area contributed by atoms with Gasteiger partial charge in [-0.3, -0.25) is 4.79 Å². The van der Waals surface area contributed by atoms with Crippen LogP contribution in [0.5, 0.6) is 0 Å². The highest BCUT2D eigenvalue weighted by Gasteiger charge is 2.38. The highest BCUT2D eigenvalue weighted by atomic mass is 19.1. The lowest BCUT2D eigenvalue weighted by molar-refractivity contribution is -0.149. The van der Waals surface area contributed by atoms with Crippen molar-refractivity contribution in [3.8, 4) is 0 Å². The lowest BCUT2D eigenvalue weighted by Gasteiger charge is -2.35. The molecule has 0 radical (unpaired) electrons. The molecular weight excluding hydrogens is 334 g/mol. The van der Waals surface area contributed by atoms with E-state index in [2.05, 4.69) is 0 Å². The Balaban J connectivity index is 2.31. The number of nitrogens with zero attached hydrogens (tertiary/aromatic N) is 2. The number of carbonyl (C=O) groups excluding carboxylic acids is 1. The highest BCUT2D eigenvalue weighted by molar-refractivity contribution is 5.75. The smallest absolute Gasteiger partial charge is 0.425 e. The quantitative estimate of drug-likeness (QED) is 0.897. The van der Waals surface area contributed by atoms with Gasteiger partial charge in [-0.2, -0.15) is 0 Å². The van der Waals surface area contributed by atoms with Gasteiger partial charge in [0.05, 0.1) is 6.54 Å². The van der Waals surface area contributed by atoms with Crippen LogP contribution in [0.4, 0.5) is 13.6 Å². The van der Waals surface area contributed by atoms with E-state index in [9.17, 15) is 23.5 Å². The van der Waals surface area contributed by atoms with Gasteiger partial charge in [0.1, 0.15) is 23.3 Å². The Bertz CT molecular complexity index is 661. The van der Waals surface area contributed by atoms with E-state index in [0.717, 1.165) is 17.1 Å². The number of carbonyl (C=O) groups is 2. The fourth-order valence-corrected chi connectivity index (χ4v) is 2.68. The van der Waals surface area contributed by atoms with Crippen LogP contribution in [0.3, 0.4) is 0 Å². The van der Waals surface area contributed by atoms with Crippen molar-refractivity contribution in [3.05, 3.63) is 35.4 Å². The molecule has 0 spiro atoms. The molecule has 0 bridgehead atoms. The zero-order valence-corrected chi connectivity index (χ0v) is 14.5. The van der Waals surface area contributed by atoms with Gasteiger partial charge in [-0.25, -0.2) is 23.6 Å². The third-order valence-corrected chi connectivity index (χ3v) is 3.76. The molecule has 2 rings (SSSR count). The molecule has 6 nitrogen and oxygen atoms in total. The number of ether oxygens (including phenoxy) is 1. The molecule has 0 saturated carbocycles. The summed E-state index contributed by atoms with van der Waals surface area (Å²) in [7, 11) is 0. The topological polar surface area (TPSA) is 70.1 Å². The summed E-state index contributed by atoms with van der Waals surface area (Å²) < 4.78 is 32.4. The molecule has 1 aromatic carbocycles. The maximum absolute atomic E-state index is 14.0. The number of carboxylic acids is 1. The number of benzene rings is 1. The van der Waals surface area contributed by atoms with Crippen molar-refractivity contribution in [3.63, 3.8) is 0 Å². The largest absolute Gasteiger partial charge is 0.480 e. The molecule has 1 unspecified atom stereocenters. The van der Waals surface area contributed by atoms with Crippen molar-refractivity contribution in [1.29, 1.82) is 0 Å². The Hall–Kier alpha value is -2.22. The number of amides is 1. The van der Waals surface area contributed by atoms with E-state index in [0.29, 0.717) is 19.4 Å². The molecule has 1 aliphatic heterocycles. The van der Waals surface area contributed by atoms with Crippen LogP contribution in [-0.4, -0.2) is 45.4 Å². The van der Waals surface area contributed by atoms with E-state index >= 15 is 0 Å². The molecule has 1 aromatic rings. The molecule has 8 heteroatoms. The minimum Gasteiger partial charge on any atom is -0.480 e. The first kappa shape index (κ1) is 19.1. The van der Waals surface area contributed by atoms with Crippen LogP contribution in [0, 0.1) is 11.6 Å². The second-order valence-electron chi connectivity index (χ2n) is 6.93. The maximum Gasteiger partial charge on any atom is 0.425 e. The summed E-state index contributed by atoms with van der Waals surface area (Å²) in [4.78, 5) is 24.0. The number of aliphatic carboxylic acids is 1. The number of hydrogen-bond acceptors (Lipinski definition) is 4. The molecule has 0 aromatic heterocycles. The Kier molecular flexibility index (Phi) is 5.62. The minimum atomic E-state index is -1.06. The summed E-state index contributed by atoms with van der Waals surface area (Å²) in [5, 5.41) is 11.8. The van der Waals surface area contributed by atoms with Gasteiger partial charge in [-0.15, -0.1) is 0 Å². The van der Waals surface area contributed by atoms with Crippen molar-refractivity contribution < 1.29 is 28.2 Å². The Morgan fingerprint density at radius 1 is 1.36 bits per heavy atom. The van der Waals surface area contributed by atoms with E-state index in [1.54, 1.807) is 20.8 Å². The van der Waals surface area contributed by atoms with Gasteiger partial charge in [0.2, 0.25) is 0 Å². The molecule has 1 amide bonds. The lowest BCUT2D eigenvalue weighted by Crippen LogP contribution is -2.52. The Morgan fingerprint density at radius 2 is 2.04 bits per heavy atom. The summed E-state index contributed by atoms with van der Waals surface area (Å²) in [5.74, 6) is -2.60. The zero-order chi connectivity index (χ0) is 18.8. The molecule has 1 aliphatic rings. The molecule has 1 N–H and O–H groups in total. The van der Waals surface area contributed by atoms with E-state index in [4.69, 9.17) is 4.74 Å². The third-order valence-electron chi connectivity index (χ3n) is 3.76. The first-order chi connectivity index (χ1) is 11.6. The van der Waals surface area contributed by atoms with Crippen LogP contribution in [0.15, 0.2) is 18.2 Å². The Morgan fingerprint density at radius 3 is 2.60 bits per heavy atom. The first-order valence-electron chi connectivity index (χ1n) is 8.02. The number of hydrazine groups is 1. The summed E-state index contributed by atoms with van der Waals surface area (Å²) in [6, 6.07) is 2.15. The summed E-state index contributed by atoms with van der Waals surface area (Å²) in [5.41, 5.74) is -0.724. The van der Waals surface area contributed by atoms with Crippen molar-refractivity contribution in [2.75, 3.05) is 6.54 Å². The average molecular weight is 356 g/mol. The van der Waals surface area contributed by atoms with Crippen LogP contribution >= 0.6 is 0 Å². The van der Waals surface area contributed by atoms with Gasteiger partial charge in [-0.05, 0) is 39.7 Å². The predicted octanol–water partition coefficient (Wildman–Crippen LogP) is 3.17. The molecule has 25 heavy (non-hydrogen) atoms. The predicted molar refractivity (Wildman–Crippen MR) is 85.5 cm³/mol. The average Bonchev–Trinajstić information content (AvgIpc) is 2.93. The molecular formula is C17H22F2N2O4. The molecule has 1 atom stereocenters. The van der Waals surface area contributed by atoms with Crippen LogP contribution in [0.25, 0.3) is 0 Å². The summed E-state index contributed by atoms with van der Waals surface area (Å²) in [6.45, 7) is 5.13. The lowest BCUT2D eigenvalue weighted by atomic mass is 10.2. The van der Waals surface area contributed by atoms with Crippen LogP contribution in [-0.2, 0) is 16.1 Å². The van der Waals surface area contributed by atoms with E-state index in [-0.39, 0.29) is 12.1 Å². The van der Waals surface area contributed by atoms with Crippen LogP contribution in [0.2, 0.25) is 0 Å². The van der Waals surface area contributed by atoms with Crippen molar-refractivity contribution in [2.24, 2.45) is 0 Å². The number of rotatable bonds is 4. The van der Waals surface area contributed by atoms with Crippen molar-refractivity contribution >= 4 is 12.1 Å². The van der Waals surface area contributed by atoms with Gasteiger partial charge >= 0.3 is 12.1 Å². The zero-order valence-electron chi connectivity index (χ0n) is 14.5. The van der Waals surface area contributed by atoms with Crippen LogP contribution in [0.1, 0.15) is 39.2 Å². The van der Waals surface area contributed by atoms with Gasteiger partial charge in [-0.1, -0.05) is 6.07 Å². The fourth-order valence-electron chi connectivity index (χ4n) is 2.68. The number of halogens is 2. The van der Waals surface area contributed by atoms with Crippen LogP contribution < -0.4 is 0 Å². The number of carboxylic acid groups (broad SMARTS) is 1. The second-order valence-corrected chi connectivity index (χ2v) is 6.93. The van der Waals surface area contributed by atoms with Gasteiger partial charge in [0.15, 0.2) is 0 Å². The summed E-state index contributed by atoms with van der Waals surface area (Å²) >= 11 is 0. The standard InChI is InChI=1S/C17H22F2N2O4/c1-17(2,3)25-16(24)21(20-8-4-5-14(20)15(22)23)10-11-6-7-12(18)9-13(11)19/h6-7,9,14H,4-5,8,10H2,1-3H3,(H,22,23). The Labute approximate surface area is 144 Å². The van der Waals surface area contributed by atoms with Gasteiger partial charge in [0.25, 0.3) is 0 Å². The fraction of sp³-hybridized carbons (Fsp3) is 0.529. The SMILES string of the molecule is CC(C)(C)OC(=O)N(Cc1ccc(F)cc1F)N1CCCC1C(=O)O. The normalized spacial score (nSPS) is 18.2. The minimum absolute atomic E-state index is 0.0725. The maximum atomic E-state index is 14.0. The molecule has 1 saturated heterocycles. The monoisotopic (exact) mass is 356 g/mol. The van der Waals surface area contributed by atoms with Crippen molar-refractivity contribution in [1.82, 2.24) is 10.0 Å². The molecule has 138 valence electrons. The van der Waals surface area contributed by atoms with Gasteiger partial charge < -0.3 is 9.84 Å². The first-order valence-corrected chi connectivity index (χ1v) is 8.02.